The molecule has 0 bridgehead atoms. The summed E-state index contributed by atoms with van der Waals surface area (Å²) >= 11 is 12.9. The Hall–Kier alpha value is -2.75. The van der Waals surface area contributed by atoms with Crippen molar-refractivity contribution in [3.63, 3.8) is 0 Å². The number of hydrogen-bond acceptors (Lipinski definition) is 5. The molecule has 0 radical (unpaired) electrons. The van der Waals surface area contributed by atoms with Crippen molar-refractivity contribution in [1.82, 2.24) is 0 Å². The van der Waals surface area contributed by atoms with Crippen LogP contribution in [0.5, 0.6) is 0 Å². The average Bonchev–Trinajstić information content (AvgIpc) is 2.77. The van der Waals surface area contributed by atoms with Gasteiger partial charge in [-0.2, -0.15) is 13.2 Å². The molecule has 3 aromatic rings. The van der Waals surface area contributed by atoms with Crippen molar-refractivity contribution >= 4 is 46.9 Å². The quantitative estimate of drug-likeness (QED) is 0.133. The largest absolute Gasteiger partial charge is 0.416 e. The third-order valence-electron chi connectivity index (χ3n) is 4.32. The van der Waals surface area contributed by atoms with Crippen LogP contribution in [-0.2, 0) is 23.4 Å². The molecule has 11 heteroatoms. The molecule has 0 amide bonds. The van der Waals surface area contributed by atoms with E-state index in [1.165, 1.54) is 24.4 Å². The van der Waals surface area contributed by atoms with Gasteiger partial charge in [0.15, 0.2) is 0 Å². The van der Waals surface area contributed by atoms with Gasteiger partial charge in [0.2, 0.25) is 0 Å². The summed E-state index contributed by atoms with van der Waals surface area (Å²) in [6, 6.07) is 14.3. The van der Waals surface area contributed by atoms with Crippen molar-refractivity contribution in [3.05, 3.63) is 103 Å². The molecule has 0 aliphatic heterocycles. The lowest BCUT2D eigenvalue weighted by atomic mass is 10.1. The molecule has 0 N–H and O–H groups in total. The van der Waals surface area contributed by atoms with Crippen LogP contribution in [-0.4, -0.2) is 11.1 Å². The lowest BCUT2D eigenvalue weighted by Gasteiger charge is -2.09. The third kappa shape index (κ3) is 7.12. The Morgan fingerprint density at radius 1 is 1.03 bits per heavy atom. The highest BCUT2D eigenvalue weighted by Crippen LogP contribution is 2.34. The summed E-state index contributed by atoms with van der Waals surface area (Å²) in [6.07, 6.45) is -3.12. The van der Waals surface area contributed by atoms with Crippen LogP contribution in [0.25, 0.3) is 0 Å². The Morgan fingerprint density at radius 3 is 2.52 bits per heavy atom. The number of oxime groups is 1. The summed E-state index contributed by atoms with van der Waals surface area (Å²) in [4.78, 5) is 16.5. The minimum Gasteiger partial charge on any atom is -0.391 e. The standard InChI is InChI=1S/C22H15Cl2F3N2O3S/c23-18-6-4-15(9-19(18)24)12-32-28-11-14-5-7-21(20(10-14)29(30)31)33-13-16-2-1-3-17(8-16)22(25,26)27/h1-11H,12-13H2. The first kappa shape index (κ1) is 24.9. The zero-order valence-corrected chi connectivity index (χ0v) is 19.0. The summed E-state index contributed by atoms with van der Waals surface area (Å²) in [6.45, 7) is 0.125. The van der Waals surface area contributed by atoms with Crippen molar-refractivity contribution in [3.8, 4) is 0 Å². The van der Waals surface area contributed by atoms with E-state index in [2.05, 4.69) is 5.16 Å². The van der Waals surface area contributed by atoms with Gasteiger partial charge in [-0.15, -0.1) is 11.8 Å². The van der Waals surface area contributed by atoms with Crippen LogP contribution < -0.4 is 0 Å². The smallest absolute Gasteiger partial charge is 0.391 e. The van der Waals surface area contributed by atoms with E-state index in [4.69, 9.17) is 28.0 Å². The van der Waals surface area contributed by atoms with Crippen LogP contribution >= 0.6 is 35.0 Å². The maximum Gasteiger partial charge on any atom is 0.416 e. The second kappa shape index (κ2) is 10.9. The first-order valence-corrected chi connectivity index (χ1v) is 11.0. The summed E-state index contributed by atoms with van der Waals surface area (Å²) in [5.74, 6) is 0.144. The SMILES string of the molecule is O=[N+]([O-])c1cc(C=NOCc2ccc(Cl)c(Cl)c2)ccc1SCc1cccc(C(F)(F)F)c1. The van der Waals surface area contributed by atoms with Gasteiger partial charge in [0.1, 0.15) is 6.61 Å². The number of nitro groups is 1. The molecule has 33 heavy (non-hydrogen) atoms. The van der Waals surface area contributed by atoms with E-state index in [1.807, 2.05) is 0 Å². The Balaban J connectivity index is 1.66. The van der Waals surface area contributed by atoms with Crippen LogP contribution in [0.4, 0.5) is 18.9 Å². The Kier molecular flexibility index (Phi) is 8.23. The second-order valence-electron chi connectivity index (χ2n) is 6.73. The third-order valence-corrected chi connectivity index (χ3v) is 6.19. The fourth-order valence-corrected chi connectivity index (χ4v) is 3.99. The molecule has 5 nitrogen and oxygen atoms in total. The van der Waals surface area contributed by atoms with Gasteiger partial charge < -0.3 is 4.84 Å². The van der Waals surface area contributed by atoms with Gasteiger partial charge in [0, 0.05) is 17.4 Å². The second-order valence-corrected chi connectivity index (χ2v) is 8.56. The molecule has 0 aliphatic rings. The number of thioether (sulfide) groups is 1. The van der Waals surface area contributed by atoms with E-state index < -0.39 is 16.7 Å². The van der Waals surface area contributed by atoms with Crippen LogP contribution in [0.3, 0.4) is 0 Å². The van der Waals surface area contributed by atoms with E-state index in [0.717, 1.165) is 29.5 Å². The normalized spacial score (nSPS) is 11.7. The molecule has 0 heterocycles. The van der Waals surface area contributed by atoms with Gasteiger partial charge in [0.25, 0.3) is 5.69 Å². The van der Waals surface area contributed by atoms with E-state index in [0.29, 0.717) is 26.1 Å². The van der Waals surface area contributed by atoms with Crippen molar-refractivity contribution in [1.29, 1.82) is 0 Å². The fourth-order valence-electron chi connectivity index (χ4n) is 2.72. The molecule has 0 spiro atoms. The maximum absolute atomic E-state index is 12.9. The first-order chi connectivity index (χ1) is 15.6. The lowest BCUT2D eigenvalue weighted by Crippen LogP contribution is -2.04. The first-order valence-electron chi connectivity index (χ1n) is 9.30. The summed E-state index contributed by atoms with van der Waals surface area (Å²) in [7, 11) is 0. The molecule has 0 fully saturated rings. The van der Waals surface area contributed by atoms with Gasteiger partial charge in [-0.1, -0.05) is 58.7 Å². The van der Waals surface area contributed by atoms with Crippen LogP contribution in [0.2, 0.25) is 10.0 Å². The lowest BCUT2D eigenvalue weighted by molar-refractivity contribution is -0.387. The Labute approximate surface area is 201 Å². The minimum atomic E-state index is -4.45. The summed E-state index contributed by atoms with van der Waals surface area (Å²) in [5.41, 5.74) is 0.640. The summed E-state index contributed by atoms with van der Waals surface area (Å²) < 4.78 is 38.6. The zero-order chi connectivity index (χ0) is 24.0. The molecule has 3 rings (SSSR count). The Morgan fingerprint density at radius 2 is 1.82 bits per heavy atom. The van der Waals surface area contributed by atoms with E-state index in [1.54, 1.807) is 30.3 Å². The molecular formula is C22H15Cl2F3N2O3S. The van der Waals surface area contributed by atoms with E-state index in [-0.39, 0.29) is 18.0 Å². The Bertz CT molecular complexity index is 1190. The van der Waals surface area contributed by atoms with Gasteiger partial charge in [-0.25, -0.2) is 0 Å². The maximum atomic E-state index is 12.9. The highest BCUT2D eigenvalue weighted by atomic mass is 35.5. The van der Waals surface area contributed by atoms with Gasteiger partial charge in [0.05, 0.1) is 31.6 Å². The number of alkyl halides is 3. The topological polar surface area (TPSA) is 64.7 Å². The summed E-state index contributed by atoms with van der Waals surface area (Å²) in [5, 5.41) is 16.1. The minimum absolute atomic E-state index is 0.125. The number of hydrogen-bond donors (Lipinski definition) is 0. The number of halogens is 5. The van der Waals surface area contributed by atoms with Gasteiger partial charge >= 0.3 is 6.18 Å². The molecule has 3 aromatic carbocycles. The van der Waals surface area contributed by atoms with Crippen LogP contribution in [0.1, 0.15) is 22.3 Å². The molecule has 0 saturated heterocycles. The highest BCUT2D eigenvalue weighted by molar-refractivity contribution is 7.98. The van der Waals surface area contributed by atoms with Gasteiger partial charge in [-0.3, -0.25) is 10.1 Å². The van der Waals surface area contributed by atoms with Crippen LogP contribution in [0.15, 0.2) is 70.7 Å². The van der Waals surface area contributed by atoms with E-state index >= 15 is 0 Å². The number of benzene rings is 3. The van der Waals surface area contributed by atoms with E-state index in [9.17, 15) is 23.3 Å². The van der Waals surface area contributed by atoms with Crippen molar-refractivity contribution < 1.29 is 22.9 Å². The molecule has 0 aromatic heterocycles. The highest BCUT2D eigenvalue weighted by Gasteiger charge is 2.30. The van der Waals surface area contributed by atoms with Crippen molar-refractivity contribution in [2.45, 2.75) is 23.4 Å². The number of nitrogens with zero attached hydrogens (tertiary/aromatic N) is 2. The molecule has 0 saturated carbocycles. The molecule has 172 valence electrons. The molecule has 0 atom stereocenters. The van der Waals surface area contributed by atoms with Crippen LogP contribution in [0, 0.1) is 10.1 Å². The average molecular weight is 515 g/mol. The number of rotatable bonds is 8. The predicted octanol–water partition coefficient (Wildman–Crippen LogP) is 7.76. The van der Waals surface area contributed by atoms with Crippen molar-refractivity contribution in [2.24, 2.45) is 5.16 Å². The zero-order valence-electron chi connectivity index (χ0n) is 16.7. The molecule has 0 aliphatic carbocycles. The van der Waals surface area contributed by atoms with Gasteiger partial charge in [-0.05, 0) is 35.4 Å². The molecular weight excluding hydrogens is 500 g/mol. The number of nitro benzene ring substituents is 1. The fraction of sp³-hybridized carbons (Fsp3) is 0.136. The van der Waals surface area contributed by atoms with Crippen molar-refractivity contribution in [2.75, 3.05) is 0 Å². The predicted molar refractivity (Wildman–Crippen MR) is 123 cm³/mol. The molecule has 0 unspecified atom stereocenters. The monoisotopic (exact) mass is 514 g/mol.